The molecule has 0 fully saturated rings. The smallest absolute Gasteiger partial charge is 0.230 e. The molecule has 2 aromatic heterocycles. The Labute approximate surface area is 186 Å². The van der Waals surface area contributed by atoms with Crippen LogP contribution in [0.3, 0.4) is 0 Å². The molecule has 1 aromatic carbocycles. The third-order valence-corrected chi connectivity index (χ3v) is 7.76. The van der Waals surface area contributed by atoms with Gasteiger partial charge in [0.15, 0.2) is 8.68 Å². The minimum atomic E-state index is 0.0329. The van der Waals surface area contributed by atoms with Gasteiger partial charge in [0.25, 0.3) is 0 Å². The summed E-state index contributed by atoms with van der Waals surface area (Å²) in [7, 11) is 0. The number of rotatable bonds is 11. The van der Waals surface area contributed by atoms with E-state index in [1.807, 2.05) is 38.1 Å². The number of amides is 1. The largest absolute Gasteiger partial charge is 0.494 e. The standard InChI is InChI=1S/C19H22N4O2S4/c1-3-9-20-16(24)12-28-19-23-22-18(29-19)27-11-14-10-26-17(21-14)13-5-7-15(8-6-13)25-4-2/h5-8,10H,3-4,9,11-12H2,1-2H3,(H,20,24). The highest BCUT2D eigenvalue weighted by molar-refractivity contribution is 8.03. The van der Waals surface area contributed by atoms with Gasteiger partial charge in [0.1, 0.15) is 10.8 Å². The summed E-state index contributed by atoms with van der Waals surface area (Å²) < 4.78 is 7.18. The third kappa shape index (κ3) is 6.98. The molecular weight excluding hydrogens is 445 g/mol. The predicted molar refractivity (Wildman–Crippen MR) is 122 cm³/mol. The van der Waals surface area contributed by atoms with Gasteiger partial charge in [-0.1, -0.05) is 41.8 Å². The van der Waals surface area contributed by atoms with Crippen molar-refractivity contribution in [2.75, 3.05) is 18.9 Å². The minimum Gasteiger partial charge on any atom is -0.494 e. The molecule has 0 saturated carbocycles. The molecule has 0 aliphatic heterocycles. The average molecular weight is 467 g/mol. The fourth-order valence-electron chi connectivity index (χ4n) is 2.26. The Kier molecular flexibility index (Phi) is 8.78. The quantitative estimate of drug-likeness (QED) is 0.400. The molecule has 0 aliphatic carbocycles. The van der Waals surface area contributed by atoms with Crippen LogP contribution in [0.5, 0.6) is 5.75 Å². The van der Waals surface area contributed by atoms with Gasteiger partial charge < -0.3 is 10.1 Å². The molecule has 0 radical (unpaired) electrons. The molecular formula is C19H22N4O2S4. The van der Waals surface area contributed by atoms with Crippen molar-refractivity contribution in [3.05, 3.63) is 35.3 Å². The van der Waals surface area contributed by atoms with Crippen LogP contribution in [0, 0.1) is 0 Å². The van der Waals surface area contributed by atoms with Crippen molar-refractivity contribution in [3.8, 4) is 16.3 Å². The van der Waals surface area contributed by atoms with Crippen molar-refractivity contribution < 1.29 is 9.53 Å². The molecule has 6 nitrogen and oxygen atoms in total. The number of carbonyl (C=O) groups excluding carboxylic acids is 1. The monoisotopic (exact) mass is 466 g/mol. The van der Waals surface area contributed by atoms with Crippen molar-refractivity contribution >= 4 is 52.1 Å². The number of nitrogens with zero attached hydrogens (tertiary/aromatic N) is 3. The Hall–Kier alpha value is -1.62. The Bertz CT molecular complexity index is 911. The number of hydrogen-bond acceptors (Lipinski definition) is 9. The molecule has 3 aromatic rings. The first kappa shape index (κ1) is 22.1. The summed E-state index contributed by atoms with van der Waals surface area (Å²) >= 11 is 6.18. The van der Waals surface area contributed by atoms with E-state index < -0.39 is 0 Å². The maximum atomic E-state index is 11.7. The zero-order chi connectivity index (χ0) is 20.5. The van der Waals surface area contributed by atoms with Crippen LogP contribution >= 0.6 is 46.2 Å². The topological polar surface area (TPSA) is 77.0 Å². The molecule has 1 amide bonds. The maximum Gasteiger partial charge on any atom is 0.230 e. The lowest BCUT2D eigenvalue weighted by molar-refractivity contribution is -0.118. The van der Waals surface area contributed by atoms with E-state index in [2.05, 4.69) is 20.9 Å². The first-order chi connectivity index (χ1) is 14.2. The van der Waals surface area contributed by atoms with Gasteiger partial charge in [-0.15, -0.1) is 21.5 Å². The second-order valence-corrected chi connectivity index (χ2v) is 10.1. The fraction of sp³-hybridized carbons (Fsp3) is 0.368. The van der Waals surface area contributed by atoms with Crippen molar-refractivity contribution in [1.82, 2.24) is 20.5 Å². The lowest BCUT2D eigenvalue weighted by Crippen LogP contribution is -2.25. The van der Waals surface area contributed by atoms with Crippen LogP contribution in [0.2, 0.25) is 0 Å². The molecule has 0 aliphatic rings. The maximum absolute atomic E-state index is 11.7. The van der Waals surface area contributed by atoms with Gasteiger partial charge in [0.2, 0.25) is 5.91 Å². The van der Waals surface area contributed by atoms with Crippen molar-refractivity contribution in [3.63, 3.8) is 0 Å². The first-order valence-electron chi connectivity index (χ1n) is 9.21. The van der Waals surface area contributed by atoms with Crippen LogP contribution in [0.1, 0.15) is 26.0 Å². The summed E-state index contributed by atoms with van der Waals surface area (Å²) in [6, 6.07) is 8.01. The lowest BCUT2D eigenvalue weighted by Gasteiger charge is -2.02. The zero-order valence-electron chi connectivity index (χ0n) is 16.2. The van der Waals surface area contributed by atoms with Crippen LogP contribution in [0.4, 0.5) is 0 Å². The number of thiazole rings is 1. The Balaban J connectivity index is 1.48. The molecule has 2 heterocycles. The average Bonchev–Trinajstić information content (AvgIpc) is 3.39. The van der Waals surface area contributed by atoms with Crippen molar-refractivity contribution in [2.45, 2.75) is 34.7 Å². The third-order valence-electron chi connectivity index (χ3n) is 3.59. The first-order valence-corrected chi connectivity index (χ1v) is 12.9. The van der Waals surface area contributed by atoms with E-state index in [0.29, 0.717) is 18.9 Å². The second kappa shape index (κ2) is 11.5. The molecule has 0 atom stereocenters. The van der Waals surface area contributed by atoms with Gasteiger partial charge in [-0.2, -0.15) is 0 Å². The number of aromatic nitrogens is 3. The summed E-state index contributed by atoms with van der Waals surface area (Å²) in [5.74, 6) is 2.02. The highest BCUT2D eigenvalue weighted by Gasteiger charge is 2.10. The summed E-state index contributed by atoms with van der Waals surface area (Å²) in [4.78, 5) is 16.4. The van der Waals surface area contributed by atoms with Crippen molar-refractivity contribution in [1.29, 1.82) is 0 Å². The second-order valence-electron chi connectivity index (χ2n) is 5.86. The van der Waals surface area contributed by atoms with Crippen LogP contribution in [0.25, 0.3) is 10.6 Å². The van der Waals surface area contributed by atoms with Crippen LogP contribution < -0.4 is 10.1 Å². The van der Waals surface area contributed by atoms with E-state index in [0.717, 1.165) is 42.9 Å². The number of carbonyl (C=O) groups is 1. The molecule has 0 bridgehead atoms. The number of hydrogen-bond donors (Lipinski definition) is 1. The van der Waals surface area contributed by atoms with E-state index in [9.17, 15) is 4.79 Å². The SMILES string of the molecule is CCCNC(=O)CSc1nnc(SCc2csc(-c3ccc(OCC)cc3)n2)s1. The number of thioether (sulfide) groups is 2. The van der Waals surface area contributed by atoms with Crippen LogP contribution in [-0.2, 0) is 10.5 Å². The molecule has 10 heteroatoms. The van der Waals surface area contributed by atoms with Crippen LogP contribution in [-0.4, -0.2) is 40.0 Å². The number of ether oxygens (including phenoxy) is 1. The number of nitrogens with one attached hydrogen (secondary N) is 1. The van der Waals surface area contributed by atoms with Gasteiger partial charge in [-0.05, 0) is 37.6 Å². The Morgan fingerprint density at radius 1 is 1.14 bits per heavy atom. The Morgan fingerprint density at radius 2 is 1.90 bits per heavy atom. The van der Waals surface area contributed by atoms with E-state index in [4.69, 9.17) is 9.72 Å². The van der Waals surface area contributed by atoms with E-state index >= 15 is 0 Å². The van der Waals surface area contributed by atoms with E-state index in [1.54, 1.807) is 23.1 Å². The highest BCUT2D eigenvalue weighted by Crippen LogP contribution is 2.32. The summed E-state index contributed by atoms with van der Waals surface area (Å²) in [5, 5.41) is 14.3. The zero-order valence-corrected chi connectivity index (χ0v) is 19.5. The predicted octanol–water partition coefficient (Wildman–Crippen LogP) is 4.97. The molecule has 0 unspecified atom stereocenters. The van der Waals surface area contributed by atoms with Gasteiger partial charge in [-0.3, -0.25) is 4.79 Å². The molecule has 0 saturated heterocycles. The summed E-state index contributed by atoms with van der Waals surface area (Å²) in [6.07, 6.45) is 0.937. The lowest BCUT2D eigenvalue weighted by atomic mass is 10.2. The summed E-state index contributed by atoms with van der Waals surface area (Å²) in [6.45, 7) is 5.38. The van der Waals surface area contributed by atoms with Gasteiger partial charge >= 0.3 is 0 Å². The molecule has 1 N–H and O–H groups in total. The fourth-order valence-corrected chi connectivity index (χ4v) is 5.93. The summed E-state index contributed by atoms with van der Waals surface area (Å²) in [5.41, 5.74) is 2.11. The van der Waals surface area contributed by atoms with Crippen molar-refractivity contribution in [2.24, 2.45) is 0 Å². The number of benzene rings is 1. The van der Waals surface area contributed by atoms with Crippen LogP contribution in [0.15, 0.2) is 38.3 Å². The normalized spacial score (nSPS) is 10.8. The van der Waals surface area contributed by atoms with E-state index in [1.165, 1.54) is 23.1 Å². The molecule has 154 valence electrons. The van der Waals surface area contributed by atoms with Gasteiger partial charge in [0, 0.05) is 23.2 Å². The highest BCUT2D eigenvalue weighted by atomic mass is 32.2. The molecule has 29 heavy (non-hydrogen) atoms. The molecule has 3 rings (SSSR count). The Morgan fingerprint density at radius 3 is 2.62 bits per heavy atom. The van der Waals surface area contributed by atoms with Gasteiger partial charge in [-0.25, -0.2) is 4.98 Å². The molecule has 0 spiro atoms. The minimum absolute atomic E-state index is 0.0329. The van der Waals surface area contributed by atoms with E-state index in [-0.39, 0.29) is 5.91 Å². The van der Waals surface area contributed by atoms with Gasteiger partial charge in [0.05, 0.1) is 18.1 Å².